The zero-order chi connectivity index (χ0) is 68.8. The highest BCUT2D eigenvalue weighted by Crippen LogP contribution is 2.58. The van der Waals surface area contributed by atoms with E-state index in [9.17, 15) is 10.0 Å². The van der Waals surface area contributed by atoms with Crippen LogP contribution >= 0.6 is 15.9 Å². The number of halogens is 1. The zero-order valence-corrected chi connectivity index (χ0v) is 57.2. The molecular formula is C94H66BBrN4O2. The van der Waals surface area contributed by atoms with Gasteiger partial charge in [0.05, 0.1) is 33.6 Å². The van der Waals surface area contributed by atoms with Gasteiger partial charge >= 0.3 is 7.12 Å². The van der Waals surface area contributed by atoms with Gasteiger partial charge in [-0.3, -0.25) is 0 Å². The maximum Gasteiger partial charge on any atom is 0.488 e. The summed E-state index contributed by atoms with van der Waals surface area (Å²) < 4.78 is 1.03. The van der Waals surface area contributed by atoms with E-state index in [2.05, 4.69) is 283 Å². The topological polar surface area (TPSA) is 92.0 Å². The summed E-state index contributed by atoms with van der Waals surface area (Å²) in [5.41, 5.74) is 26.4. The van der Waals surface area contributed by atoms with Gasteiger partial charge in [-0.15, -0.1) is 0 Å². The van der Waals surface area contributed by atoms with Crippen molar-refractivity contribution in [2.24, 2.45) is 0 Å². The molecule has 0 radical (unpaired) electrons. The Morgan fingerprint density at radius 1 is 0.225 bits per heavy atom. The molecule has 2 aliphatic carbocycles. The molecule has 0 saturated heterocycles. The smallest absolute Gasteiger partial charge is 0.423 e. The van der Waals surface area contributed by atoms with Gasteiger partial charge in [-0.05, 0) is 120 Å². The highest BCUT2D eigenvalue weighted by atomic mass is 79.9. The van der Waals surface area contributed by atoms with Crippen LogP contribution in [0.1, 0.15) is 44.5 Å². The number of rotatable bonds is 12. The van der Waals surface area contributed by atoms with Gasteiger partial charge in [-0.25, -0.2) is 19.9 Å². The molecule has 0 fully saturated rings. The summed E-state index contributed by atoms with van der Waals surface area (Å²) in [5, 5.41) is 19.7. The lowest BCUT2D eigenvalue weighted by Crippen LogP contribution is -2.33. The van der Waals surface area contributed by atoms with Gasteiger partial charge in [0, 0.05) is 37.9 Å². The number of benzene rings is 14. The second-order valence-corrected chi connectivity index (χ2v) is 26.4. The van der Waals surface area contributed by atoms with Crippen molar-refractivity contribution in [3.8, 4) is 101 Å². The lowest BCUT2D eigenvalue weighted by Gasteiger charge is -2.34. The number of aromatic nitrogens is 4. The van der Waals surface area contributed by atoms with Gasteiger partial charge in [0.15, 0.2) is 11.6 Å². The highest BCUT2D eigenvalue weighted by molar-refractivity contribution is 9.10. The first-order chi connectivity index (χ1) is 50.3. The van der Waals surface area contributed by atoms with E-state index >= 15 is 0 Å². The SMILES string of the molecule is Brc1cccc(-c2cc(-c3ccccc3)nc(-c3ccccc3)n2)c1.OB(O)c1ccc2c(c1)C(c1ccccc1)(c1ccccc1)c1ccccc1-2.c1ccc(-c2cc(-c3cccc(-c4ccc5c(c4)C(c4ccccc4)(c4ccccc4)c4ccccc4-5)c3)nc(-c3ccccc3)n2)cc1. The van der Waals surface area contributed by atoms with Crippen LogP contribution < -0.4 is 5.46 Å². The third kappa shape index (κ3) is 12.3. The second-order valence-electron chi connectivity index (χ2n) is 25.5. The molecule has 6 nitrogen and oxygen atoms in total. The average Bonchev–Trinajstić information content (AvgIpc) is 1.54. The van der Waals surface area contributed by atoms with Crippen LogP contribution in [0.2, 0.25) is 0 Å². The van der Waals surface area contributed by atoms with Crippen molar-refractivity contribution < 1.29 is 10.0 Å². The molecule has 0 amide bonds. The van der Waals surface area contributed by atoms with E-state index in [1.54, 1.807) is 6.07 Å². The van der Waals surface area contributed by atoms with Crippen LogP contribution in [0.4, 0.5) is 0 Å². The Morgan fingerprint density at radius 2 is 0.529 bits per heavy atom. The molecule has 8 heteroatoms. The minimum atomic E-state index is -1.50. The van der Waals surface area contributed by atoms with Crippen LogP contribution in [-0.4, -0.2) is 37.1 Å². The third-order valence-corrected chi connectivity index (χ3v) is 20.0. The molecule has 2 heterocycles. The van der Waals surface area contributed by atoms with Crippen molar-refractivity contribution >= 4 is 28.5 Å². The first-order valence-corrected chi connectivity index (χ1v) is 35.0. The van der Waals surface area contributed by atoms with Crippen LogP contribution in [0, 0.1) is 0 Å². The Morgan fingerprint density at radius 3 is 0.941 bits per heavy atom. The van der Waals surface area contributed by atoms with E-state index < -0.39 is 17.9 Å². The Bertz CT molecular complexity index is 5420. The number of hydrogen-bond donors (Lipinski definition) is 2. The van der Waals surface area contributed by atoms with Crippen molar-refractivity contribution in [3.05, 3.63) is 437 Å². The van der Waals surface area contributed by atoms with E-state index in [0.717, 1.165) is 94.3 Å². The molecule has 0 bridgehead atoms. The predicted octanol–water partition coefficient (Wildman–Crippen LogP) is 21.5. The van der Waals surface area contributed by atoms with E-state index in [-0.39, 0.29) is 0 Å². The molecule has 484 valence electrons. The van der Waals surface area contributed by atoms with E-state index in [1.807, 2.05) is 115 Å². The van der Waals surface area contributed by atoms with Crippen LogP contribution in [-0.2, 0) is 10.8 Å². The van der Waals surface area contributed by atoms with Gasteiger partial charge in [0.2, 0.25) is 0 Å². The summed E-state index contributed by atoms with van der Waals surface area (Å²) in [4.78, 5) is 19.7. The summed E-state index contributed by atoms with van der Waals surface area (Å²) in [5.74, 6) is 1.45. The number of hydrogen-bond acceptors (Lipinski definition) is 6. The molecule has 2 N–H and O–H groups in total. The van der Waals surface area contributed by atoms with Crippen LogP contribution in [0.25, 0.3) is 101 Å². The van der Waals surface area contributed by atoms with Crippen molar-refractivity contribution in [1.29, 1.82) is 0 Å². The van der Waals surface area contributed by atoms with Gasteiger partial charge in [-0.2, -0.15) is 0 Å². The lowest BCUT2D eigenvalue weighted by molar-refractivity contribution is 0.425. The minimum Gasteiger partial charge on any atom is -0.423 e. The monoisotopic (exact) mass is 1370 g/mol. The molecule has 0 aliphatic heterocycles. The second kappa shape index (κ2) is 28.5. The molecular weight excluding hydrogens is 1310 g/mol. The molecule has 0 saturated carbocycles. The van der Waals surface area contributed by atoms with Crippen molar-refractivity contribution in [2.75, 3.05) is 0 Å². The van der Waals surface area contributed by atoms with E-state index in [1.165, 1.54) is 50.1 Å². The molecule has 16 aromatic rings. The summed E-state index contributed by atoms with van der Waals surface area (Å²) in [6, 6.07) is 135. The van der Waals surface area contributed by atoms with E-state index in [4.69, 9.17) is 19.9 Å². The fourth-order valence-corrected chi connectivity index (χ4v) is 15.3. The first kappa shape index (κ1) is 64.4. The molecule has 102 heavy (non-hydrogen) atoms. The maximum absolute atomic E-state index is 9.84. The van der Waals surface area contributed by atoms with Crippen molar-refractivity contribution in [3.63, 3.8) is 0 Å². The van der Waals surface area contributed by atoms with E-state index in [0.29, 0.717) is 11.3 Å². The largest absolute Gasteiger partial charge is 0.488 e. The number of nitrogens with zero attached hydrogens (tertiary/aromatic N) is 4. The summed E-state index contributed by atoms with van der Waals surface area (Å²) in [7, 11) is -1.50. The summed E-state index contributed by atoms with van der Waals surface area (Å²) in [6.07, 6.45) is 0. The molecule has 0 atom stereocenters. The Hall–Kier alpha value is -12.3. The molecule has 18 rings (SSSR count). The normalized spacial score (nSPS) is 12.4. The maximum atomic E-state index is 9.84. The minimum absolute atomic E-state index is 0.441. The Kier molecular flexibility index (Phi) is 18.0. The van der Waals surface area contributed by atoms with Gasteiger partial charge in [-0.1, -0.05) is 368 Å². The van der Waals surface area contributed by atoms with Crippen LogP contribution in [0.5, 0.6) is 0 Å². The molecule has 2 aliphatic rings. The first-order valence-electron chi connectivity index (χ1n) is 34.2. The Balaban J connectivity index is 0.000000129. The highest BCUT2D eigenvalue weighted by Gasteiger charge is 2.48. The summed E-state index contributed by atoms with van der Waals surface area (Å²) in [6.45, 7) is 0. The van der Waals surface area contributed by atoms with Gasteiger partial charge < -0.3 is 10.0 Å². The van der Waals surface area contributed by atoms with Gasteiger partial charge in [0.1, 0.15) is 0 Å². The fourth-order valence-electron chi connectivity index (χ4n) is 14.9. The fraction of sp³-hybridized carbons (Fsp3) is 0.0213. The summed E-state index contributed by atoms with van der Waals surface area (Å²) >= 11 is 3.54. The van der Waals surface area contributed by atoms with Gasteiger partial charge in [0.25, 0.3) is 0 Å². The molecule has 14 aromatic carbocycles. The van der Waals surface area contributed by atoms with Crippen LogP contribution in [0.3, 0.4) is 0 Å². The predicted molar refractivity (Wildman–Crippen MR) is 421 cm³/mol. The van der Waals surface area contributed by atoms with Crippen LogP contribution in [0.15, 0.2) is 393 Å². The van der Waals surface area contributed by atoms with Crippen molar-refractivity contribution in [2.45, 2.75) is 10.8 Å². The van der Waals surface area contributed by atoms with Crippen molar-refractivity contribution in [1.82, 2.24) is 19.9 Å². The quantitative estimate of drug-likeness (QED) is 0.118. The zero-order valence-electron chi connectivity index (χ0n) is 55.6. The number of fused-ring (bicyclic) bond motifs is 6. The Labute approximate surface area is 603 Å². The molecule has 0 spiro atoms. The molecule has 2 aromatic heterocycles. The third-order valence-electron chi connectivity index (χ3n) is 19.5. The lowest BCUT2D eigenvalue weighted by atomic mass is 9.66. The average molecular weight is 1370 g/mol. The molecule has 0 unspecified atom stereocenters. The standard InChI is InChI=1S/C47H32N2.C25H19BO2.C22H15BrN2/c1-5-16-33(17-6-1)44-32-45(49-46(48-44)34-18-7-2-8-19-34)37-21-15-20-35(30-37)36-28-29-41-40-26-13-14-27-42(40)47(43(41)31-36,38-22-9-3-10-23-38)39-24-11-4-12-25-39;27-26(28)20-15-16-22-21-13-7-8-14-23(21)25(24(22)17-20,18-9-3-1-4-10-18)19-11-5-2-6-12-19;23-19-13-7-12-18(14-19)21-15-20(16-8-3-1-4-9-16)24-22(25-21)17-10-5-2-6-11-17/h1-32H;1-17,27-28H;1-15H.